The van der Waals surface area contributed by atoms with E-state index in [1.165, 1.54) is 29.8 Å². The van der Waals surface area contributed by atoms with Crippen molar-refractivity contribution in [2.45, 2.75) is 24.8 Å². The zero-order valence-electron chi connectivity index (χ0n) is 20.5. The first-order valence-electron chi connectivity index (χ1n) is 12.0. The number of nitrogens with two attached hydrogens (primary N) is 2. The first-order valence-corrected chi connectivity index (χ1v) is 13.5. The summed E-state index contributed by atoms with van der Waals surface area (Å²) in [6.45, 7) is 2.25. The molecular formula is C29H28N4O3S. The minimum atomic E-state index is -3.79. The Bertz CT molecular complexity index is 1720. The van der Waals surface area contributed by atoms with E-state index in [0.717, 1.165) is 33.2 Å². The Hall–Kier alpha value is -3.98. The van der Waals surface area contributed by atoms with E-state index in [-0.39, 0.29) is 17.3 Å². The molecular weight excluding hydrogens is 484 g/mol. The van der Waals surface area contributed by atoms with Gasteiger partial charge in [0, 0.05) is 18.5 Å². The lowest BCUT2D eigenvalue weighted by Gasteiger charge is -2.24. The molecule has 5 aromatic rings. The van der Waals surface area contributed by atoms with Crippen LogP contribution >= 0.6 is 0 Å². The number of carbonyl (C=O) groups is 1. The topological polar surface area (TPSA) is 111 Å². The van der Waals surface area contributed by atoms with Gasteiger partial charge in [0.1, 0.15) is 0 Å². The summed E-state index contributed by atoms with van der Waals surface area (Å²) in [5.41, 5.74) is 10.9. The van der Waals surface area contributed by atoms with E-state index in [1.54, 1.807) is 17.1 Å². The van der Waals surface area contributed by atoms with Gasteiger partial charge in [0.05, 0.1) is 17.0 Å². The number of aromatic nitrogens is 1. The van der Waals surface area contributed by atoms with Crippen molar-refractivity contribution >= 4 is 37.6 Å². The molecule has 0 aliphatic carbocycles. The SMILES string of the molecule is CC(=O)N(Cc1ccc(S(N)(=O)=O)cc1)n1cc(CCN)c2cc(-c3cccc4ccccc34)ccc21. The number of fused-ring (bicyclic) bond motifs is 2. The molecule has 0 aliphatic rings. The number of nitrogens with zero attached hydrogens (tertiary/aromatic N) is 2. The van der Waals surface area contributed by atoms with Gasteiger partial charge in [-0.2, -0.15) is 0 Å². The van der Waals surface area contributed by atoms with Crippen LogP contribution in [-0.4, -0.2) is 25.5 Å². The summed E-state index contributed by atoms with van der Waals surface area (Å²) in [6.07, 6.45) is 2.63. The average molecular weight is 513 g/mol. The van der Waals surface area contributed by atoms with Crippen LogP contribution in [0.5, 0.6) is 0 Å². The van der Waals surface area contributed by atoms with Gasteiger partial charge in [0.25, 0.3) is 0 Å². The summed E-state index contributed by atoms with van der Waals surface area (Å²) in [4.78, 5) is 12.8. The van der Waals surface area contributed by atoms with Crippen LogP contribution in [0.25, 0.3) is 32.8 Å². The van der Waals surface area contributed by atoms with E-state index < -0.39 is 10.0 Å². The monoisotopic (exact) mass is 512 g/mol. The fourth-order valence-corrected chi connectivity index (χ4v) is 5.29. The molecule has 0 atom stereocenters. The second-order valence-corrected chi connectivity index (χ2v) is 10.6. The van der Waals surface area contributed by atoms with Crippen molar-refractivity contribution < 1.29 is 13.2 Å². The summed E-state index contributed by atoms with van der Waals surface area (Å²) >= 11 is 0. The first-order chi connectivity index (χ1) is 17.8. The molecule has 1 aromatic heterocycles. The predicted molar refractivity (Wildman–Crippen MR) is 148 cm³/mol. The molecule has 4 aromatic carbocycles. The van der Waals surface area contributed by atoms with Gasteiger partial charge in [-0.1, -0.05) is 60.7 Å². The maximum absolute atomic E-state index is 12.8. The van der Waals surface area contributed by atoms with Crippen molar-refractivity contribution in [3.8, 4) is 11.1 Å². The van der Waals surface area contributed by atoms with E-state index in [2.05, 4.69) is 42.5 Å². The molecule has 188 valence electrons. The van der Waals surface area contributed by atoms with Crippen LogP contribution in [0.2, 0.25) is 0 Å². The highest BCUT2D eigenvalue weighted by Crippen LogP contribution is 2.33. The maximum Gasteiger partial charge on any atom is 0.238 e. The summed E-state index contributed by atoms with van der Waals surface area (Å²) < 4.78 is 25.1. The number of primary sulfonamides is 1. The van der Waals surface area contributed by atoms with Gasteiger partial charge in [0.2, 0.25) is 15.9 Å². The van der Waals surface area contributed by atoms with Gasteiger partial charge in [0.15, 0.2) is 0 Å². The second-order valence-electron chi connectivity index (χ2n) is 9.06. The summed E-state index contributed by atoms with van der Waals surface area (Å²) in [7, 11) is -3.79. The fraction of sp³-hybridized carbons (Fsp3) is 0.138. The van der Waals surface area contributed by atoms with Crippen LogP contribution in [0.4, 0.5) is 0 Å². The molecule has 4 N–H and O–H groups in total. The highest BCUT2D eigenvalue weighted by atomic mass is 32.2. The number of sulfonamides is 1. The van der Waals surface area contributed by atoms with Crippen molar-refractivity contribution in [2.75, 3.05) is 11.6 Å². The average Bonchev–Trinajstić information content (AvgIpc) is 3.24. The zero-order chi connectivity index (χ0) is 26.2. The number of hydrogen-bond donors (Lipinski definition) is 2. The Morgan fingerprint density at radius 1 is 0.919 bits per heavy atom. The molecule has 0 radical (unpaired) electrons. The number of hydrogen-bond acceptors (Lipinski definition) is 4. The van der Waals surface area contributed by atoms with Gasteiger partial charge >= 0.3 is 0 Å². The Morgan fingerprint density at radius 3 is 2.35 bits per heavy atom. The van der Waals surface area contributed by atoms with E-state index in [9.17, 15) is 13.2 Å². The lowest BCUT2D eigenvalue weighted by Crippen LogP contribution is -2.37. The van der Waals surface area contributed by atoms with Gasteiger partial charge in [-0.3, -0.25) is 9.47 Å². The molecule has 1 heterocycles. The highest BCUT2D eigenvalue weighted by molar-refractivity contribution is 7.89. The van der Waals surface area contributed by atoms with Crippen LogP contribution in [-0.2, 0) is 27.8 Å². The van der Waals surface area contributed by atoms with Crippen molar-refractivity contribution in [1.29, 1.82) is 0 Å². The largest absolute Gasteiger partial charge is 0.330 e. The molecule has 0 saturated carbocycles. The molecule has 7 nitrogen and oxygen atoms in total. The molecule has 0 bridgehead atoms. The minimum Gasteiger partial charge on any atom is -0.330 e. The third kappa shape index (κ3) is 4.86. The summed E-state index contributed by atoms with van der Waals surface area (Å²) in [6, 6.07) is 27.1. The molecule has 37 heavy (non-hydrogen) atoms. The normalized spacial score (nSPS) is 11.8. The Kier molecular flexibility index (Phi) is 6.55. The number of benzene rings is 4. The lowest BCUT2D eigenvalue weighted by molar-refractivity contribution is -0.118. The van der Waals surface area contributed by atoms with Crippen LogP contribution in [0.15, 0.2) is 96.0 Å². The van der Waals surface area contributed by atoms with Crippen molar-refractivity contribution in [3.05, 3.63) is 102 Å². The molecule has 0 aliphatic heterocycles. The Labute approximate surface area is 215 Å². The number of rotatable bonds is 7. The van der Waals surface area contributed by atoms with Crippen LogP contribution in [0.3, 0.4) is 0 Å². The van der Waals surface area contributed by atoms with E-state index in [0.29, 0.717) is 13.0 Å². The van der Waals surface area contributed by atoms with E-state index in [1.807, 2.05) is 29.1 Å². The molecule has 0 fully saturated rings. The van der Waals surface area contributed by atoms with Crippen LogP contribution in [0, 0.1) is 0 Å². The van der Waals surface area contributed by atoms with Gasteiger partial charge in [-0.05, 0) is 70.3 Å². The van der Waals surface area contributed by atoms with Crippen molar-refractivity contribution in [2.24, 2.45) is 10.9 Å². The predicted octanol–water partition coefficient (Wildman–Crippen LogP) is 4.29. The summed E-state index contributed by atoms with van der Waals surface area (Å²) in [5.74, 6) is -0.148. The van der Waals surface area contributed by atoms with Gasteiger partial charge in [-0.15, -0.1) is 0 Å². The van der Waals surface area contributed by atoms with E-state index in [4.69, 9.17) is 10.9 Å². The van der Waals surface area contributed by atoms with Crippen molar-refractivity contribution in [1.82, 2.24) is 4.68 Å². The smallest absolute Gasteiger partial charge is 0.238 e. The molecule has 0 saturated heterocycles. The molecule has 0 unspecified atom stereocenters. The van der Waals surface area contributed by atoms with E-state index >= 15 is 0 Å². The lowest BCUT2D eigenvalue weighted by atomic mass is 9.96. The molecule has 0 spiro atoms. The minimum absolute atomic E-state index is 0.0308. The maximum atomic E-state index is 12.8. The van der Waals surface area contributed by atoms with Crippen molar-refractivity contribution in [3.63, 3.8) is 0 Å². The highest BCUT2D eigenvalue weighted by Gasteiger charge is 2.18. The summed E-state index contributed by atoms with van der Waals surface area (Å²) in [5, 5.41) is 10.2. The van der Waals surface area contributed by atoms with Crippen LogP contribution < -0.4 is 15.9 Å². The van der Waals surface area contributed by atoms with Gasteiger partial charge < -0.3 is 5.73 Å². The van der Waals surface area contributed by atoms with Crippen LogP contribution in [0.1, 0.15) is 18.1 Å². The second kappa shape index (κ2) is 9.82. The molecule has 8 heteroatoms. The Balaban J connectivity index is 1.59. The fourth-order valence-electron chi connectivity index (χ4n) is 4.78. The quantitative estimate of drug-likeness (QED) is 0.339. The van der Waals surface area contributed by atoms with Gasteiger partial charge in [-0.25, -0.2) is 18.6 Å². The third-order valence-corrected chi connectivity index (χ3v) is 7.52. The third-order valence-electron chi connectivity index (χ3n) is 6.59. The molecule has 5 rings (SSSR count). The Morgan fingerprint density at radius 2 is 1.65 bits per heavy atom. The zero-order valence-corrected chi connectivity index (χ0v) is 21.3. The number of carbonyl (C=O) groups excluding carboxylic acids is 1. The number of amides is 1. The first kappa shape index (κ1) is 24.7. The standard InChI is InChI=1S/C29H28N4O3S/c1-20(34)32(18-21-9-12-25(13-10-21)37(31,35)36)33-19-24(15-16-30)28-17-23(11-14-29(28)33)27-8-4-6-22-5-2-3-7-26(22)27/h2-14,17,19H,15-16,18,30H2,1H3,(H2,31,35,36). The molecule has 1 amide bonds.